The van der Waals surface area contributed by atoms with Gasteiger partial charge in [-0.3, -0.25) is 4.79 Å². The zero-order valence-corrected chi connectivity index (χ0v) is 9.84. The Morgan fingerprint density at radius 2 is 2.19 bits per heavy atom. The minimum Gasteiger partial charge on any atom is -0.492 e. The molecule has 0 radical (unpaired) electrons. The van der Waals surface area contributed by atoms with Crippen LogP contribution in [-0.4, -0.2) is 24.6 Å². The quantitative estimate of drug-likeness (QED) is 0.746. The van der Waals surface area contributed by atoms with Crippen LogP contribution in [0.1, 0.15) is 12.0 Å². The molecule has 0 aliphatic rings. The number of rotatable bonds is 5. The molecule has 86 valence electrons. The van der Waals surface area contributed by atoms with Gasteiger partial charge in [-0.1, -0.05) is 24.4 Å². The van der Waals surface area contributed by atoms with E-state index in [0.29, 0.717) is 24.3 Å². The lowest BCUT2D eigenvalue weighted by atomic mass is 10.2. The molecule has 1 aromatic carbocycles. The smallest absolute Gasteiger partial charge is 0.223 e. The van der Waals surface area contributed by atoms with Gasteiger partial charge in [0.15, 0.2) is 0 Å². The number of nitrogens with one attached hydrogen (secondary N) is 1. The van der Waals surface area contributed by atoms with Crippen molar-refractivity contribution in [1.29, 1.82) is 0 Å². The van der Waals surface area contributed by atoms with Crippen molar-refractivity contribution in [2.45, 2.75) is 6.42 Å². The van der Waals surface area contributed by atoms with E-state index < -0.39 is 0 Å². The Bertz CT molecular complexity index is 393. The van der Waals surface area contributed by atoms with Crippen LogP contribution in [0.5, 0.6) is 5.75 Å². The SMILES string of the molecule is CNC(=O)CCOc1ccccc1C(N)=S. The third-order valence-corrected chi connectivity index (χ3v) is 2.24. The van der Waals surface area contributed by atoms with E-state index in [0.717, 1.165) is 0 Å². The summed E-state index contributed by atoms with van der Waals surface area (Å²) in [5, 5.41) is 2.52. The molecule has 0 aromatic heterocycles. The third kappa shape index (κ3) is 3.51. The molecule has 0 spiro atoms. The summed E-state index contributed by atoms with van der Waals surface area (Å²) in [6.07, 6.45) is 0.308. The van der Waals surface area contributed by atoms with Gasteiger partial charge in [-0.2, -0.15) is 0 Å². The molecule has 0 aliphatic carbocycles. The summed E-state index contributed by atoms with van der Waals surface area (Å²) in [6.45, 7) is 0.305. The highest BCUT2D eigenvalue weighted by Gasteiger charge is 2.05. The third-order valence-electron chi connectivity index (χ3n) is 2.02. The van der Waals surface area contributed by atoms with Crippen molar-refractivity contribution in [1.82, 2.24) is 5.32 Å². The van der Waals surface area contributed by atoms with Gasteiger partial charge in [0.05, 0.1) is 18.6 Å². The number of nitrogens with two attached hydrogens (primary N) is 1. The van der Waals surface area contributed by atoms with Gasteiger partial charge in [-0.05, 0) is 12.1 Å². The Hall–Kier alpha value is -1.62. The largest absolute Gasteiger partial charge is 0.492 e. The summed E-state index contributed by atoms with van der Waals surface area (Å²) < 4.78 is 5.44. The molecular weight excluding hydrogens is 224 g/mol. The lowest BCUT2D eigenvalue weighted by Crippen LogP contribution is -2.20. The second kappa shape index (κ2) is 6.07. The van der Waals surface area contributed by atoms with Crippen LogP contribution in [0.2, 0.25) is 0 Å². The molecule has 0 saturated carbocycles. The fraction of sp³-hybridized carbons (Fsp3) is 0.273. The number of hydrogen-bond donors (Lipinski definition) is 2. The standard InChI is InChI=1S/C11H14N2O2S/c1-13-10(14)6-7-15-9-5-3-2-4-8(9)11(12)16/h2-5H,6-7H2,1H3,(H2,12,16)(H,13,14). The average molecular weight is 238 g/mol. The van der Waals surface area contributed by atoms with Gasteiger partial charge in [-0.15, -0.1) is 0 Å². The molecule has 4 nitrogen and oxygen atoms in total. The number of ether oxygens (including phenoxy) is 1. The first-order valence-corrected chi connectivity index (χ1v) is 5.28. The van der Waals surface area contributed by atoms with Crippen molar-refractivity contribution in [2.75, 3.05) is 13.7 Å². The van der Waals surface area contributed by atoms with Crippen molar-refractivity contribution in [3.8, 4) is 5.75 Å². The topological polar surface area (TPSA) is 64.3 Å². The summed E-state index contributed by atoms with van der Waals surface area (Å²) in [4.78, 5) is 11.3. The lowest BCUT2D eigenvalue weighted by Gasteiger charge is -2.09. The molecule has 1 rings (SSSR count). The molecule has 0 unspecified atom stereocenters. The van der Waals surface area contributed by atoms with E-state index >= 15 is 0 Å². The second-order valence-corrected chi connectivity index (χ2v) is 3.57. The van der Waals surface area contributed by atoms with Gasteiger partial charge in [0.1, 0.15) is 10.7 Å². The lowest BCUT2D eigenvalue weighted by molar-refractivity contribution is -0.121. The number of para-hydroxylation sites is 1. The van der Waals surface area contributed by atoms with Gasteiger partial charge in [0, 0.05) is 7.05 Å². The second-order valence-electron chi connectivity index (χ2n) is 3.13. The minimum atomic E-state index is -0.0622. The first-order chi connectivity index (χ1) is 7.65. The fourth-order valence-electron chi connectivity index (χ4n) is 1.17. The Kier molecular flexibility index (Phi) is 4.72. The fourth-order valence-corrected chi connectivity index (χ4v) is 1.34. The predicted molar refractivity (Wildman–Crippen MR) is 66.5 cm³/mol. The van der Waals surface area contributed by atoms with E-state index in [2.05, 4.69) is 5.32 Å². The molecule has 0 bridgehead atoms. The average Bonchev–Trinajstić information content (AvgIpc) is 2.29. The van der Waals surface area contributed by atoms with Gasteiger partial charge in [-0.25, -0.2) is 0 Å². The number of carbonyl (C=O) groups excluding carboxylic acids is 1. The molecular formula is C11H14N2O2S. The first-order valence-electron chi connectivity index (χ1n) is 4.87. The monoisotopic (exact) mass is 238 g/mol. The molecule has 0 aliphatic heterocycles. The van der Waals surface area contributed by atoms with Crippen LogP contribution in [-0.2, 0) is 4.79 Å². The van der Waals surface area contributed by atoms with Crippen LogP contribution < -0.4 is 15.8 Å². The summed E-state index contributed by atoms with van der Waals surface area (Å²) in [5.74, 6) is 0.548. The van der Waals surface area contributed by atoms with E-state index in [4.69, 9.17) is 22.7 Å². The van der Waals surface area contributed by atoms with Crippen molar-refractivity contribution >= 4 is 23.1 Å². The van der Waals surface area contributed by atoms with E-state index in [1.54, 1.807) is 19.2 Å². The molecule has 1 aromatic rings. The zero-order chi connectivity index (χ0) is 12.0. The summed E-state index contributed by atoms with van der Waals surface area (Å²) in [6, 6.07) is 7.23. The molecule has 0 fully saturated rings. The van der Waals surface area contributed by atoms with Crippen molar-refractivity contribution in [2.24, 2.45) is 5.73 Å². The van der Waals surface area contributed by atoms with E-state index in [9.17, 15) is 4.79 Å². The normalized spacial score (nSPS) is 9.56. The van der Waals surface area contributed by atoms with Crippen molar-refractivity contribution in [3.63, 3.8) is 0 Å². The maximum absolute atomic E-state index is 11.0. The first kappa shape index (κ1) is 12.4. The van der Waals surface area contributed by atoms with Crippen molar-refractivity contribution < 1.29 is 9.53 Å². The Morgan fingerprint density at radius 1 is 1.50 bits per heavy atom. The van der Waals surface area contributed by atoms with E-state index in [-0.39, 0.29) is 10.9 Å². The molecule has 1 amide bonds. The maximum Gasteiger partial charge on any atom is 0.223 e. The summed E-state index contributed by atoms with van der Waals surface area (Å²) in [5.41, 5.74) is 6.23. The van der Waals surface area contributed by atoms with Gasteiger partial charge in [0.25, 0.3) is 0 Å². The van der Waals surface area contributed by atoms with E-state index in [1.807, 2.05) is 12.1 Å². The van der Waals surface area contributed by atoms with Crippen molar-refractivity contribution in [3.05, 3.63) is 29.8 Å². The molecule has 0 heterocycles. The van der Waals surface area contributed by atoms with Crippen LogP contribution in [0.25, 0.3) is 0 Å². The highest BCUT2D eigenvalue weighted by Crippen LogP contribution is 2.17. The molecule has 16 heavy (non-hydrogen) atoms. The van der Waals surface area contributed by atoms with Crippen LogP contribution in [0, 0.1) is 0 Å². The van der Waals surface area contributed by atoms with Gasteiger partial charge < -0.3 is 15.8 Å². The Balaban J connectivity index is 2.60. The number of amides is 1. The predicted octanol–water partition coefficient (Wildman–Crippen LogP) is 0.836. The number of carbonyl (C=O) groups is 1. The number of thiocarbonyl (C=S) groups is 1. The number of hydrogen-bond acceptors (Lipinski definition) is 3. The maximum atomic E-state index is 11.0. The minimum absolute atomic E-state index is 0.0622. The number of benzene rings is 1. The Labute approximate surface area is 99.8 Å². The van der Waals surface area contributed by atoms with Crippen LogP contribution >= 0.6 is 12.2 Å². The summed E-state index contributed by atoms with van der Waals surface area (Å²) >= 11 is 4.89. The van der Waals surface area contributed by atoms with Crippen LogP contribution in [0.3, 0.4) is 0 Å². The van der Waals surface area contributed by atoms with E-state index in [1.165, 1.54) is 0 Å². The highest BCUT2D eigenvalue weighted by atomic mass is 32.1. The van der Waals surface area contributed by atoms with Crippen LogP contribution in [0.15, 0.2) is 24.3 Å². The molecule has 0 atom stereocenters. The molecule has 3 N–H and O–H groups in total. The Morgan fingerprint density at radius 3 is 2.81 bits per heavy atom. The van der Waals surface area contributed by atoms with Gasteiger partial charge in [0.2, 0.25) is 5.91 Å². The van der Waals surface area contributed by atoms with Crippen LogP contribution in [0.4, 0.5) is 0 Å². The molecule has 5 heteroatoms. The van der Waals surface area contributed by atoms with Gasteiger partial charge >= 0.3 is 0 Å². The zero-order valence-electron chi connectivity index (χ0n) is 9.03. The summed E-state index contributed by atoms with van der Waals surface area (Å²) in [7, 11) is 1.59. The highest BCUT2D eigenvalue weighted by molar-refractivity contribution is 7.80. The molecule has 0 saturated heterocycles.